The molecular formula is C18H19BrN3OS+. The maximum absolute atomic E-state index is 12.7. The molecule has 1 aromatic heterocycles. The van der Waals surface area contributed by atoms with Crippen LogP contribution in [0.4, 0.5) is 0 Å². The quantitative estimate of drug-likeness (QED) is 0.651. The number of hydrogen-bond donors (Lipinski definition) is 1. The fraction of sp³-hybridized carbons (Fsp3) is 0.222. The molecule has 0 atom stereocenters. The molecule has 0 fully saturated rings. The Bertz CT molecular complexity index is 925. The number of carbonyl (C=O) groups excluding carboxylic acids is 1. The lowest BCUT2D eigenvalue weighted by Gasteiger charge is -2.06. The van der Waals surface area contributed by atoms with Crippen LogP contribution in [0.25, 0.3) is 10.2 Å². The Hall–Kier alpha value is -1.76. The molecule has 0 aliphatic carbocycles. The maximum atomic E-state index is 12.7. The van der Waals surface area contributed by atoms with Crippen LogP contribution in [0.15, 0.2) is 58.0 Å². The first-order chi connectivity index (χ1) is 11.5. The van der Waals surface area contributed by atoms with Crippen molar-refractivity contribution in [2.24, 2.45) is 4.99 Å². The van der Waals surface area contributed by atoms with E-state index in [1.165, 1.54) is 4.90 Å². The van der Waals surface area contributed by atoms with E-state index in [1.54, 1.807) is 11.3 Å². The third-order valence-corrected chi connectivity index (χ3v) is 5.21. The van der Waals surface area contributed by atoms with Crippen LogP contribution in [0, 0.1) is 0 Å². The van der Waals surface area contributed by atoms with Crippen LogP contribution < -0.4 is 9.70 Å². The van der Waals surface area contributed by atoms with E-state index in [1.807, 2.05) is 47.0 Å². The van der Waals surface area contributed by atoms with Crippen molar-refractivity contribution in [1.29, 1.82) is 0 Å². The number of Topliss-reactive ketones (excluding diaryl/α,β-unsaturated/α-hetero) is 1. The number of para-hydroxylation sites is 1. The second-order valence-corrected chi connectivity index (χ2v) is 7.82. The van der Waals surface area contributed by atoms with E-state index in [2.05, 4.69) is 41.1 Å². The van der Waals surface area contributed by atoms with Crippen LogP contribution in [-0.4, -0.2) is 31.1 Å². The summed E-state index contributed by atoms with van der Waals surface area (Å²) in [7, 11) is 4.13. The molecule has 3 aromatic rings. The minimum Gasteiger partial charge on any atom is -0.321 e. The zero-order chi connectivity index (χ0) is 17.1. The second-order valence-electron chi connectivity index (χ2n) is 5.89. The second kappa shape index (κ2) is 7.42. The summed E-state index contributed by atoms with van der Waals surface area (Å²) in [5.41, 5.74) is 1.77. The van der Waals surface area contributed by atoms with Crippen LogP contribution in [-0.2, 0) is 6.54 Å². The van der Waals surface area contributed by atoms with E-state index in [4.69, 9.17) is 0 Å². The van der Waals surface area contributed by atoms with Crippen LogP contribution in [0.1, 0.15) is 10.4 Å². The van der Waals surface area contributed by atoms with E-state index in [9.17, 15) is 4.79 Å². The van der Waals surface area contributed by atoms with Crippen LogP contribution in [0.5, 0.6) is 0 Å². The lowest BCUT2D eigenvalue weighted by atomic mass is 10.1. The normalized spacial score (nSPS) is 12.2. The molecule has 0 unspecified atom stereocenters. The van der Waals surface area contributed by atoms with Gasteiger partial charge < -0.3 is 9.47 Å². The van der Waals surface area contributed by atoms with Crippen molar-refractivity contribution in [3.8, 4) is 0 Å². The van der Waals surface area contributed by atoms with E-state index in [0.717, 1.165) is 19.5 Å². The summed E-state index contributed by atoms with van der Waals surface area (Å²) in [6, 6.07) is 15.6. The number of benzene rings is 2. The average molecular weight is 405 g/mol. The monoisotopic (exact) mass is 404 g/mol. The number of nitrogens with zero attached hydrogens (tertiary/aromatic N) is 2. The Morgan fingerprint density at radius 2 is 1.88 bits per heavy atom. The highest BCUT2D eigenvalue weighted by molar-refractivity contribution is 9.10. The Labute approximate surface area is 153 Å². The van der Waals surface area contributed by atoms with Gasteiger partial charge in [0.05, 0.1) is 30.9 Å². The Morgan fingerprint density at radius 3 is 2.58 bits per heavy atom. The van der Waals surface area contributed by atoms with Crippen molar-refractivity contribution in [2.45, 2.75) is 6.54 Å². The van der Waals surface area contributed by atoms with E-state index < -0.39 is 0 Å². The predicted octanol–water partition coefficient (Wildman–Crippen LogP) is 2.35. The van der Waals surface area contributed by atoms with Gasteiger partial charge in [-0.15, -0.1) is 0 Å². The first-order valence-electron chi connectivity index (χ1n) is 7.71. The van der Waals surface area contributed by atoms with Crippen LogP contribution in [0.2, 0.25) is 0 Å². The summed E-state index contributed by atoms with van der Waals surface area (Å²) >= 11 is 5.03. The number of hydrogen-bond acceptors (Lipinski definition) is 3. The SMILES string of the molecule is C[NH+](C)CN=c1sc2ccccc2n1CC(=O)c1ccc(Br)cc1. The number of fused-ring (bicyclic) bond motifs is 1. The van der Waals surface area contributed by atoms with Gasteiger partial charge >= 0.3 is 0 Å². The van der Waals surface area contributed by atoms with Gasteiger partial charge in [-0.25, -0.2) is 4.99 Å². The Kier molecular flexibility index (Phi) is 5.28. The number of carbonyl (C=O) groups is 1. The zero-order valence-electron chi connectivity index (χ0n) is 13.6. The molecule has 0 amide bonds. The third-order valence-electron chi connectivity index (χ3n) is 3.59. The van der Waals surface area contributed by atoms with Gasteiger partial charge in [-0.3, -0.25) is 4.79 Å². The molecule has 1 heterocycles. The highest BCUT2D eigenvalue weighted by atomic mass is 79.9. The summed E-state index contributed by atoms with van der Waals surface area (Å²) < 4.78 is 4.14. The van der Waals surface area contributed by atoms with Crippen molar-refractivity contribution in [2.75, 3.05) is 20.8 Å². The molecule has 0 saturated heterocycles. The Morgan fingerprint density at radius 1 is 1.17 bits per heavy atom. The minimum absolute atomic E-state index is 0.0877. The van der Waals surface area contributed by atoms with Gasteiger partial charge in [-0.05, 0) is 24.3 Å². The van der Waals surface area contributed by atoms with Gasteiger partial charge in [0.1, 0.15) is 0 Å². The molecule has 0 spiro atoms. The molecule has 2 aromatic carbocycles. The number of nitrogens with one attached hydrogen (secondary N) is 1. The summed E-state index contributed by atoms with van der Waals surface area (Å²) in [5.74, 6) is 0.0877. The highest BCUT2D eigenvalue weighted by Crippen LogP contribution is 2.18. The number of halogens is 1. The van der Waals surface area contributed by atoms with E-state index in [-0.39, 0.29) is 5.78 Å². The van der Waals surface area contributed by atoms with Gasteiger partial charge in [-0.2, -0.15) is 0 Å². The maximum Gasteiger partial charge on any atom is 0.191 e. The molecule has 4 nitrogen and oxygen atoms in total. The summed E-state index contributed by atoms with van der Waals surface area (Å²) in [5, 5.41) is 0. The number of thiazole rings is 1. The lowest BCUT2D eigenvalue weighted by molar-refractivity contribution is -0.857. The molecule has 124 valence electrons. The first-order valence-corrected chi connectivity index (χ1v) is 9.32. The summed E-state index contributed by atoms with van der Waals surface area (Å²) in [4.78, 5) is 19.5. The minimum atomic E-state index is 0.0877. The number of quaternary nitrogens is 1. The molecular weight excluding hydrogens is 386 g/mol. The standard InChI is InChI=1S/C18H18BrN3OS/c1-21(2)12-20-18-22(15-5-3-4-6-17(15)24-18)11-16(23)13-7-9-14(19)10-8-13/h3-10H,11-12H2,1-2H3/p+1. The molecule has 0 aliphatic heterocycles. The van der Waals surface area contributed by atoms with Crippen molar-refractivity contribution in [1.82, 2.24) is 4.57 Å². The lowest BCUT2D eigenvalue weighted by Crippen LogP contribution is -3.05. The third kappa shape index (κ3) is 3.83. The molecule has 0 radical (unpaired) electrons. The molecule has 0 aliphatic rings. The van der Waals surface area contributed by atoms with Crippen molar-refractivity contribution >= 4 is 43.3 Å². The molecule has 24 heavy (non-hydrogen) atoms. The van der Waals surface area contributed by atoms with E-state index >= 15 is 0 Å². The van der Waals surface area contributed by atoms with Crippen LogP contribution >= 0.6 is 27.3 Å². The smallest absolute Gasteiger partial charge is 0.191 e. The van der Waals surface area contributed by atoms with Crippen LogP contribution in [0.3, 0.4) is 0 Å². The van der Waals surface area contributed by atoms with Gasteiger partial charge in [0.2, 0.25) is 0 Å². The predicted molar refractivity (Wildman–Crippen MR) is 102 cm³/mol. The summed E-state index contributed by atoms with van der Waals surface area (Å²) in [6.07, 6.45) is 0. The molecule has 0 saturated carbocycles. The molecule has 0 bridgehead atoms. The summed E-state index contributed by atoms with van der Waals surface area (Å²) in [6.45, 7) is 0.979. The van der Waals surface area contributed by atoms with Gasteiger partial charge in [0.15, 0.2) is 17.3 Å². The average Bonchev–Trinajstić information content (AvgIpc) is 2.91. The highest BCUT2D eigenvalue weighted by Gasteiger charge is 2.12. The van der Waals surface area contributed by atoms with Gasteiger partial charge in [-0.1, -0.05) is 51.5 Å². The van der Waals surface area contributed by atoms with Crippen molar-refractivity contribution in [3.05, 3.63) is 63.4 Å². The number of rotatable bonds is 5. The van der Waals surface area contributed by atoms with Gasteiger partial charge in [0, 0.05) is 10.0 Å². The largest absolute Gasteiger partial charge is 0.321 e. The van der Waals surface area contributed by atoms with E-state index in [0.29, 0.717) is 18.8 Å². The zero-order valence-corrected chi connectivity index (χ0v) is 16.0. The topological polar surface area (TPSA) is 38.8 Å². The first kappa shape index (κ1) is 17.1. The fourth-order valence-electron chi connectivity index (χ4n) is 2.39. The molecule has 3 rings (SSSR count). The van der Waals surface area contributed by atoms with Crippen molar-refractivity contribution in [3.63, 3.8) is 0 Å². The van der Waals surface area contributed by atoms with Crippen molar-refractivity contribution < 1.29 is 9.69 Å². The Balaban J connectivity index is 2.00. The fourth-order valence-corrected chi connectivity index (χ4v) is 3.68. The number of ketones is 1. The van der Waals surface area contributed by atoms with Gasteiger partial charge in [0.25, 0.3) is 0 Å². The molecule has 6 heteroatoms. The number of aromatic nitrogens is 1. The molecule has 1 N–H and O–H groups in total.